The van der Waals surface area contributed by atoms with Gasteiger partial charge in [0.1, 0.15) is 0 Å². The summed E-state index contributed by atoms with van der Waals surface area (Å²) in [5.41, 5.74) is 0. The van der Waals surface area contributed by atoms with E-state index in [-0.39, 0.29) is 16.3 Å². The predicted molar refractivity (Wildman–Crippen MR) is 287 cm³/mol. The SMILES string of the molecule is CCCCCCCCCCCCC(CCCCCCCCCC)SC(=O)CC(NCCN1CCCCC1)C(=O)SC(CCCCCCCCCC)CCCCCCCCCCCC. The second-order valence-corrected chi connectivity index (χ2v) is 22.9. The number of hydrogen-bond acceptors (Lipinski definition) is 6. The fraction of sp³-hybridized carbons (Fsp3) is 0.965. The van der Waals surface area contributed by atoms with Crippen molar-refractivity contribution in [3.05, 3.63) is 0 Å². The van der Waals surface area contributed by atoms with E-state index in [0.717, 1.165) is 38.8 Å². The fourth-order valence-electron chi connectivity index (χ4n) is 9.72. The first-order valence-electron chi connectivity index (χ1n) is 28.9. The first kappa shape index (κ1) is 61.0. The van der Waals surface area contributed by atoms with Gasteiger partial charge in [0.15, 0.2) is 5.12 Å². The lowest BCUT2D eigenvalue weighted by Crippen LogP contribution is -2.43. The molecule has 0 aromatic carbocycles. The predicted octanol–water partition coefficient (Wildman–Crippen LogP) is 18.8. The molecule has 0 bridgehead atoms. The van der Waals surface area contributed by atoms with E-state index in [1.165, 1.54) is 264 Å². The van der Waals surface area contributed by atoms with Gasteiger partial charge in [0, 0.05) is 30.0 Å². The Labute approximate surface area is 404 Å². The van der Waals surface area contributed by atoms with Gasteiger partial charge in [-0.15, -0.1) is 0 Å². The third-order valence-electron chi connectivity index (χ3n) is 14.0. The third-order valence-corrected chi connectivity index (χ3v) is 16.6. The van der Waals surface area contributed by atoms with Crippen LogP contribution >= 0.6 is 23.5 Å². The molecule has 374 valence electrons. The Kier molecular flexibility index (Phi) is 46.9. The molecule has 0 spiro atoms. The summed E-state index contributed by atoms with van der Waals surface area (Å²) in [7, 11) is 0. The lowest BCUT2D eigenvalue weighted by atomic mass is 10.0. The second kappa shape index (κ2) is 48.4. The summed E-state index contributed by atoms with van der Waals surface area (Å²) in [5.74, 6) is 0. The largest absolute Gasteiger partial charge is 0.305 e. The van der Waals surface area contributed by atoms with Crippen molar-refractivity contribution in [1.82, 2.24) is 10.2 Å². The number of likely N-dealkylation sites (tertiary alicyclic amines) is 1. The molecule has 4 nitrogen and oxygen atoms in total. The van der Waals surface area contributed by atoms with Crippen molar-refractivity contribution in [3.63, 3.8) is 0 Å². The van der Waals surface area contributed by atoms with Crippen molar-refractivity contribution < 1.29 is 9.59 Å². The van der Waals surface area contributed by atoms with Crippen LogP contribution in [0.5, 0.6) is 0 Å². The van der Waals surface area contributed by atoms with E-state index in [9.17, 15) is 9.59 Å². The standard InChI is InChI=1S/C57H112N2O2S2/c1-5-9-13-17-21-25-27-31-34-39-45-53(44-38-33-29-23-19-15-11-7-3)62-56(60)52-55(58-48-51-59-49-42-37-43-50-59)57(61)63-54(46-40-35-30-24-20-16-12-8-4)47-41-36-32-28-26-22-18-14-10-6-2/h53-55,58H,5-52H2,1-4H3. The maximum Gasteiger partial charge on any atom is 0.206 e. The molecule has 3 unspecified atom stereocenters. The van der Waals surface area contributed by atoms with Crippen LogP contribution in [0.3, 0.4) is 0 Å². The topological polar surface area (TPSA) is 49.4 Å². The number of unbranched alkanes of at least 4 members (excludes halogenated alkanes) is 32. The monoisotopic (exact) mass is 921 g/mol. The van der Waals surface area contributed by atoms with Gasteiger partial charge in [0.05, 0.1) is 6.04 Å². The van der Waals surface area contributed by atoms with Crippen molar-refractivity contribution in [2.24, 2.45) is 0 Å². The van der Waals surface area contributed by atoms with Crippen LogP contribution in [0.2, 0.25) is 0 Å². The summed E-state index contributed by atoms with van der Waals surface area (Å²) in [5, 5.41) is 4.99. The molecule has 6 heteroatoms. The average molecular weight is 922 g/mol. The van der Waals surface area contributed by atoms with E-state index < -0.39 is 0 Å². The van der Waals surface area contributed by atoms with Gasteiger partial charge in [-0.25, -0.2) is 0 Å². The Morgan fingerprint density at radius 1 is 0.413 bits per heavy atom. The molecular formula is C57H112N2O2S2. The molecule has 0 aliphatic carbocycles. The number of piperidine rings is 1. The zero-order valence-corrected chi connectivity index (χ0v) is 44.9. The summed E-state index contributed by atoms with van der Waals surface area (Å²) in [6.45, 7) is 13.3. The minimum atomic E-state index is -0.366. The summed E-state index contributed by atoms with van der Waals surface area (Å²) in [4.78, 5) is 31.1. The van der Waals surface area contributed by atoms with Gasteiger partial charge in [-0.1, -0.05) is 289 Å². The smallest absolute Gasteiger partial charge is 0.206 e. The summed E-state index contributed by atoms with van der Waals surface area (Å²) in [6.07, 6.45) is 57.2. The molecular weight excluding hydrogens is 809 g/mol. The summed E-state index contributed by atoms with van der Waals surface area (Å²) >= 11 is 3.26. The highest BCUT2D eigenvalue weighted by Gasteiger charge is 2.27. The highest BCUT2D eigenvalue weighted by atomic mass is 32.2. The maximum absolute atomic E-state index is 14.4. The first-order chi connectivity index (χ1) is 31.0. The van der Waals surface area contributed by atoms with E-state index in [0.29, 0.717) is 16.9 Å². The van der Waals surface area contributed by atoms with Crippen LogP contribution in [0.1, 0.15) is 310 Å². The number of rotatable bonds is 49. The number of hydrogen-bond donors (Lipinski definition) is 1. The Balaban J connectivity index is 2.88. The summed E-state index contributed by atoms with van der Waals surface area (Å²) < 4.78 is 0. The number of thioether (sulfide) groups is 2. The highest BCUT2D eigenvalue weighted by molar-refractivity contribution is 8.14. The normalized spacial score (nSPS) is 14.9. The highest BCUT2D eigenvalue weighted by Crippen LogP contribution is 2.30. The molecule has 1 fully saturated rings. The van der Waals surface area contributed by atoms with Gasteiger partial charge in [0.2, 0.25) is 5.12 Å². The molecule has 1 saturated heterocycles. The van der Waals surface area contributed by atoms with Crippen LogP contribution in [0.4, 0.5) is 0 Å². The molecule has 0 radical (unpaired) electrons. The fourth-order valence-corrected chi connectivity index (χ4v) is 12.2. The molecule has 63 heavy (non-hydrogen) atoms. The summed E-state index contributed by atoms with van der Waals surface area (Å²) in [6, 6.07) is -0.366. The number of nitrogens with one attached hydrogen (secondary N) is 1. The van der Waals surface area contributed by atoms with Gasteiger partial charge in [-0.3, -0.25) is 9.59 Å². The Hall–Kier alpha value is -0.0400. The lowest BCUT2D eigenvalue weighted by Gasteiger charge is -2.27. The molecule has 1 aliphatic heterocycles. The van der Waals surface area contributed by atoms with Crippen LogP contribution < -0.4 is 5.32 Å². The van der Waals surface area contributed by atoms with E-state index in [2.05, 4.69) is 37.9 Å². The van der Waals surface area contributed by atoms with Crippen LogP contribution in [-0.4, -0.2) is 57.9 Å². The number of nitrogens with zero attached hydrogens (tertiary/aromatic N) is 1. The zero-order chi connectivity index (χ0) is 45.5. The van der Waals surface area contributed by atoms with Crippen LogP contribution in [-0.2, 0) is 9.59 Å². The van der Waals surface area contributed by atoms with Gasteiger partial charge in [0.25, 0.3) is 0 Å². The zero-order valence-electron chi connectivity index (χ0n) is 43.3. The molecule has 3 atom stereocenters. The van der Waals surface area contributed by atoms with Crippen molar-refractivity contribution in [2.75, 3.05) is 26.2 Å². The number of carbonyl (C=O) groups is 2. The van der Waals surface area contributed by atoms with E-state index >= 15 is 0 Å². The third kappa shape index (κ3) is 40.7. The molecule has 1 rings (SSSR count). The minimum Gasteiger partial charge on any atom is -0.305 e. The molecule has 0 amide bonds. The van der Waals surface area contributed by atoms with E-state index in [1.807, 2.05) is 0 Å². The van der Waals surface area contributed by atoms with Gasteiger partial charge >= 0.3 is 0 Å². The Morgan fingerprint density at radius 3 is 1.05 bits per heavy atom. The van der Waals surface area contributed by atoms with E-state index in [4.69, 9.17) is 0 Å². The molecule has 0 aromatic heterocycles. The quantitative estimate of drug-likeness (QED) is 0.0614. The molecule has 1 heterocycles. The Morgan fingerprint density at radius 2 is 0.714 bits per heavy atom. The molecule has 1 aliphatic rings. The van der Waals surface area contributed by atoms with Gasteiger partial charge in [-0.05, 0) is 51.6 Å². The van der Waals surface area contributed by atoms with Crippen molar-refractivity contribution >= 4 is 33.8 Å². The van der Waals surface area contributed by atoms with Gasteiger partial charge in [-0.2, -0.15) is 0 Å². The lowest BCUT2D eigenvalue weighted by molar-refractivity contribution is -0.117. The average Bonchev–Trinajstić information content (AvgIpc) is 3.29. The first-order valence-corrected chi connectivity index (χ1v) is 30.7. The molecule has 0 aromatic rings. The molecule has 1 N–H and O–H groups in total. The number of carbonyl (C=O) groups excluding carboxylic acids is 2. The van der Waals surface area contributed by atoms with Gasteiger partial charge < -0.3 is 10.2 Å². The van der Waals surface area contributed by atoms with Crippen molar-refractivity contribution in [1.29, 1.82) is 0 Å². The minimum absolute atomic E-state index is 0.244. The second-order valence-electron chi connectivity index (χ2n) is 20.3. The van der Waals surface area contributed by atoms with Crippen molar-refractivity contribution in [2.45, 2.75) is 327 Å². The van der Waals surface area contributed by atoms with Crippen molar-refractivity contribution in [3.8, 4) is 0 Å². The molecule has 0 saturated carbocycles. The maximum atomic E-state index is 14.4. The van der Waals surface area contributed by atoms with Crippen LogP contribution in [0, 0.1) is 0 Å². The van der Waals surface area contributed by atoms with Crippen LogP contribution in [0.15, 0.2) is 0 Å². The van der Waals surface area contributed by atoms with Crippen LogP contribution in [0.25, 0.3) is 0 Å². The van der Waals surface area contributed by atoms with E-state index in [1.54, 1.807) is 23.5 Å². The Bertz CT molecular complexity index is 958.